The molecule has 0 aliphatic carbocycles. The molecule has 4 N–H and O–H groups in total. The molecular weight excluding hydrogens is 677 g/mol. The molecule has 3 aliphatic heterocycles. The maximum Gasteiger partial charge on any atom is 0.318 e. The van der Waals surface area contributed by atoms with Gasteiger partial charge in [0.25, 0.3) is 0 Å². The third kappa shape index (κ3) is 5.59. The fourth-order valence-electron chi connectivity index (χ4n) is 7.12. The first-order valence-corrected chi connectivity index (χ1v) is 17.0. The van der Waals surface area contributed by atoms with Crippen molar-refractivity contribution in [2.24, 2.45) is 0 Å². The molecule has 2 unspecified atom stereocenters. The maximum absolute atomic E-state index is 16.6. The Kier molecular flexibility index (Phi) is 8.76. The van der Waals surface area contributed by atoms with Gasteiger partial charge in [0.05, 0.1) is 40.4 Å². The van der Waals surface area contributed by atoms with Gasteiger partial charge >= 0.3 is 6.01 Å². The van der Waals surface area contributed by atoms with Crippen molar-refractivity contribution in [3.63, 3.8) is 0 Å². The van der Waals surface area contributed by atoms with Crippen LogP contribution in [0, 0.1) is 23.0 Å². The number of alkyl halides is 1. The number of halogens is 4. The average molecular weight is 709 g/mol. The minimum absolute atomic E-state index is 0.0341. The molecule has 8 rings (SSSR count). The number of nitrogens with zero attached hydrogens (tertiary/aromatic N) is 6. The number of ether oxygens (including phenoxy) is 2. The Hall–Kier alpha value is -4.58. The van der Waals surface area contributed by atoms with Gasteiger partial charge in [-0.25, -0.2) is 18.2 Å². The molecule has 49 heavy (non-hydrogen) atoms. The number of hydrogen-bond acceptors (Lipinski definition) is 11. The second kappa shape index (κ2) is 13.0. The molecule has 5 aromatic rings. The van der Waals surface area contributed by atoms with Gasteiger partial charge in [0.2, 0.25) is 0 Å². The summed E-state index contributed by atoms with van der Waals surface area (Å²) in [5, 5.41) is 10.2. The predicted molar refractivity (Wildman–Crippen MR) is 185 cm³/mol. The Morgan fingerprint density at radius 1 is 1.18 bits per heavy atom. The number of hydrogen-bond donors (Lipinski definition) is 2. The van der Waals surface area contributed by atoms with Crippen molar-refractivity contribution in [2.45, 2.75) is 44.4 Å². The number of anilines is 3. The molecule has 0 radical (unpaired) electrons. The Morgan fingerprint density at radius 2 is 2.00 bits per heavy atom. The summed E-state index contributed by atoms with van der Waals surface area (Å²) in [4.78, 5) is 17.3. The number of pyridine rings is 1. The van der Waals surface area contributed by atoms with E-state index in [2.05, 4.69) is 19.9 Å². The molecule has 3 atom stereocenters. The highest BCUT2D eigenvalue weighted by atomic mass is 35.5. The van der Waals surface area contributed by atoms with Gasteiger partial charge in [-0.2, -0.15) is 15.2 Å². The van der Waals surface area contributed by atoms with E-state index in [0.717, 1.165) is 29.9 Å². The molecule has 10 nitrogen and oxygen atoms in total. The van der Waals surface area contributed by atoms with Gasteiger partial charge in [0.15, 0.2) is 11.6 Å². The van der Waals surface area contributed by atoms with Crippen molar-refractivity contribution in [1.82, 2.24) is 19.9 Å². The van der Waals surface area contributed by atoms with Crippen LogP contribution in [-0.2, 0) is 0 Å². The van der Waals surface area contributed by atoms with Gasteiger partial charge in [-0.3, -0.25) is 4.90 Å². The van der Waals surface area contributed by atoms with Crippen LogP contribution in [0.3, 0.4) is 0 Å². The fourth-order valence-corrected chi connectivity index (χ4v) is 8.40. The van der Waals surface area contributed by atoms with Crippen LogP contribution in [-0.4, -0.2) is 65.4 Å². The number of methoxy groups -OCH3 is 1. The van der Waals surface area contributed by atoms with Crippen LogP contribution in [0.15, 0.2) is 30.5 Å². The smallest absolute Gasteiger partial charge is 0.318 e. The number of benzene rings is 2. The highest BCUT2D eigenvalue weighted by molar-refractivity contribution is 7.23. The summed E-state index contributed by atoms with van der Waals surface area (Å²) in [5.41, 5.74) is 12.9. The van der Waals surface area contributed by atoms with Crippen LogP contribution in [0.1, 0.15) is 43.4 Å². The van der Waals surface area contributed by atoms with Crippen LogP contribution >= 0.6 is 22.9 Å². The molecule has 15 heteroatoms. The van der Waals surface area contributed by atoms with Crippen molar-refractivity contribution in [1.29, 1.82) is 5.26 Å². The summed E-state index contributed by atoms with van der Waals surface area (Å²) < 4.78 is 55.6. The lowest BCUT2D eigenvalue weighted by atomic mass is 9.96. The molecule has 6 heterocycles. The summed E-state index contributed by atoms with van der Waals surface area (Å²) in [6, 6.07) is 8.37. The van der Waals surface area contributed by atoms with E-state index in [1.54, 1.807) is 12.3 Å². The number of fused-ring (bicyclic) bond motifs is 2. The van der Waals surface area contributed by atoms with E-state index in [4.69, 9.17) is 32.5 Å². The third-order valence-corrected chi connectivity index (χ3v) is 10.8. The topological polar surface area (TPSA) is 139 Å². The quantitative estimate of drug-likeness (QED) is 0.200. The Morgan fingerprint density at radius 3 is 2.73 bits per heavy atom. The first-order valence-electron chi connectivity index (χ1n) is 15.8. The number of nitrogens with two attached hydrogens (primary N) is 2. The number of rotatable bonds is 4. The Bertz CT molecular complexity index is 2130. The minimum atomic E-state index is -0.814. The summed E-state index contributed by atoms with van der Waals surface area (Å²) in [6.07, 6.45) is 4.41. The lowest BCUT2D eigenvalue weighted by Gasteiger charge is -2.30. The zero-order valence-corrected chi connectivity index (χ0v) is 28.2. The van der Waals surface area contributed by atoms with E-state index in [1.165, 1.54) is 32.1 Å². The molecule has 2 saturated heterocycles. The number of nitriles is 1. The first kappa shape index (κ1) is 32.9. The van der Waals surface area contributed by atoms with Crippen LogP contribution in [0.4, 0.5) is 29.8 Å². The van der Waals surface area contributed by atoms with Crippen molar-refractivity contribution in [3.05, 3.63) is 58.2 Å². The standard InChI is InChI=1S/C27H20ClF2N7O2S.C7H12FN/c1-11(12-4-3-7-34-24(12)32)37-8-9-39-22-18-21(35-27(38-2)36-26(18)37)20(30)17(19(22)28)13-5-6-15(29)23-16(13)14(10-31)25(33)40-23;8-6-4-7-2-1-3-9(7)5-6/h3-7,11H,8-9,33H2,1-2H3,(H2,32,34);6-7H,1-5H2/t11-;/m1./s1. The Balaban J connectivity index is 0.000000361. The van der Waals surface area contributed by atoms with Crippen LogP contribution < -0.4 is 25.8 Å². The number of aromatic nitrogens is 3. The fraction of sp³-hybridized carbons (Fsp3) is 0.353. The average Bonchev–Trinajstić information content (AvgIpc) is 3.73. The monoisotopic (exact) mass is 708 g/mol. The van der Waals surface area contributed by atoms with Crippen molar-refractivity contribution in [2.75, 3.05) is 49.7 Å². The van der Waals surface area contributed by atoms with Gasteiger partial charge in [0, 0.05) is 35.3 Å². The normalized spacial score (nSPS) is 19.2. The van der Waals surface area contributed by atoms with E-state index in [0.29, 0.717) is 30.8 Å². The molecule has 0 bridgehead atoms. The molecule has 2 aromatic carbocycles. The lowest BCUT2D eigenvalue weighted by molar-refractivity contribution is 0.292. The van der Waals surface area contributed by atoms with Crippen molar-refractivity contribution in [3.8, 4) is 29.0 Å². The molecule has 0 amide bonds. The Labute approximate surface area is 289 Å². The second-order valence-electron chi connectivity index (χ2n) is 12.2. The van der Waals surface area contributed by atoms with E-state index in [1.807, 2.05) is 24.0 Å². The summed E-state index contributed by atoms with van der Waals surface area (Å²) in [5.74, 6) is -0.570. The third-order valence-electron chi connectivity index (χ3n) is 9.42. The SMILES string of the molecule is COc1nc2c3c(c(Cl)c(-c4ccc(F)c5sc(N)c(C#N)c45)c(F)c3n1)OCCN2[C@H](C)c1cccnc1N.FC1CC2CCCN2C1. The summed E-state index contributed by atoms with van der Waals surface area (Å²) in [6.45, 7) is 4.28. The zero-order chi connectivity index (χ0) is 34.6. The van der Waals surface area contributed by atoms with Crippen LogP contribution in [0.2, 0.25) is 5.02 Å². The molecule has 2 fully saturated rings. The maximum atomic E-state index is 16.6. The molecule has 3 aliphatic rings. The van der Waals surface area contributed by atoms with Gasteiger partial charge in [0.1, 0.15) is 46.8 Å². The van der Waals surface area contributed by atoms with Gasteiger partial charge in [-0.05, 0) is 50.4 Å². The highest BCUT2D eigenvalue weighted by Gasteiger charge is 2.35. The van der Waals surface area contributed by atoms with Crippen molar-refractivity contribution >= 4 is 60.6 Å². The minimum Gasteiger partial charge on any atom is -0.489 e. The molecular formula is C34H32ClF3N8O2S. The van der Waals surface area contributed by atoms with Gasteiger partial charge in [-0.1, -0.05) is 23.7 Å². The highest BCUT2D eigenvalue weighted by Crippen LogP contribution is 2.51. The van der Waals surface area contributed by atoms with Gasteiger partial charge in [-0.15, -0.1) is 11.3 Å². The van der Waals surface area contributed by atoms with Crippen LogP contribution in [0.25, 0.3) is 32.1 Å². The van der Waals surface area contributed by atoms with Crippen molar-refractivity contribution < 1.29 is 22.6 Å². The first-order chi connectivity index (χ1) is 23.6. The van der Waals surface area contributed by atoms with E-state index < -0.39 is 17.8 Å². The largest absolute Gasteiger partial charge is 0.489 e. The molecule has 254 valence electrons. The molecule has 0 saturated carbocycles. The van der Waals surface area contributed by atoms with E-state index in [9.17, 15) is 14.0 Å². The van der Waals surface area contributed by atoms with Crippen LogP contribution in [0.5, 0.6) is 11.8 Å². The second-order valence-corrected chi connectivity index (χ2v) is 13.6. The van der Waals surface area contributed by atoms with E-state index >= 15 is 4.39 Å². The van der Waals surface area contributed by atoms with E-state index in [-0.39, 0.29) is 72.1 Å². The summed E-state index contributed by atoms with van der Waals surface area (Å²) in [7, 11) is 1.38. The molecule has 0 spiro atoms. The number of thiophene rings is 1. The molecule has 3 aromatic heterocycles. The predicted octanol–water partition coefficient (Wildman–Crippen LogP) is 7.04. The zero-order valence-electron chi connectivity index (χ0n) is 26.6. The lowest BCUT2D eigenvalue weighted by Crippen LogP contribution is -2.31. The van der Waals surface area contributed by atoms with Gasteiger partial charge < -0.3 is 25.8 Å². The number of nitrogen functional groups attached to an aromatic ring is 2. The summed E-state index contributed by atoms with van der Waals surface area (Å²) >= 11 is 7.79.